The molecule has 1 heterocycles. The largest absolute Gasteiger partial charge is 0.456 e. The van der Waals surface area contributed by atoms with Crippen molar-refractivity contribution >= 4 is 16.7 Å². The van der Waals surface area contributed by atoms with Crippen molar-refractivity contribution in [3.8, 4) is 11.3 Å². The third-order valence-corrected chi connectivity index (χ3v) is 4.57. The van der Waals surface area contributed by atoms with Gasteiger partial charge in [0, 0.05) is 17.0 Å². The van der Waals surface area contributed by atoms with E-state index in [1.807, 2.05) is 36.4 Å². The molecule has 1 aromatic heterocycles. The van der Waals surface area contributed by atoms with Crippen LogP contribution in [0, 0.1) is 6.92 Å². The summed E-state index contributed by atoms with van der Waals surface area (Å²) < 4.78 is 6.18. The Kier molecular flexibility index (Phi) is 4.40. The van der Waals surface area contributed by atoms with Gasteiger partial charge in [-0.3, -0.25) is 0 Å². The van der Waals surface area contributed by atoms with Gasteiger partial charge in [-0.2, -0.15) is 0 Å². The summed E-state index contributed by atoms with van der Waals surface area (Å²) in [6.45, 7) is 4.25. The first-order valence-corrected chi connectivity index (χ1v) is 8.97. The van der Waals surface area contributed by atoms with Gasteiger partial charge in [-0.15, -0.1) is 0 Å². The smallest absolute Gasteiger partial charge is 0.136 e. The van der Waals surface area contributed by atoms with E-state index in [9.17, 15) is 0 Å². The quantitative estimate of drug-likeness (QED) is 0.436. The summed E-state index contributed by atoms with van der Waals surface area (Å²) in [5.74, 6) is 0.828. The van der Waals surface area contributed by atoms with E-state index < -0.39 is 0 Å². The van der Waals surface area contributed by atoms with Crippen LogP contribution in [0.5, 0.6) is 0 Å². The fourth-order valence-corrected chi connectivity index (χ4v) is 3.17. The fourth-order valence-electron chi connectivity index (χ4n) is 3.17. The number of rotatable bonds is 3. The van der Waals surface area contributed by atoms with Gasteiger partial charge < -0.3 is 4.42 Å². The lowest BCUT2D eigenvalue weighted by atomic mass is 10.1. The van der Waals surface area contributed by atoms with Crippen molar-refractivity contribution in [3.63, 3.8) is 0 Å². The minimum atomic E-state index is 0.828. The lowest BCUT2D eigenvalue weighted by Crippen LogP contribution is -2.04. The molecular weight excluding hydrogens is 318 g/mol. The van der Waals surface area contributed by atoms with Crippen LogP contribution in [0.15, 0.2) is 88.3 Å². The van der Waals surface area contributed by atoms with Crippen LogP contribution in [-0.4, -0.2) is 0 Å². The number of benzene rings is 3. The maximum Gasteiger partial charge on any atom is 0.136 e. The Hall–Kier alpha value is -3.13. The molecule has 0 atom stereocenters. The molecule has 0 amide bonds. The van der Waals surface area contributed by atoms with Crippen molar-refractivity contribution in [2.45, 2.75) is 20.3 Å². The molecule has 0 unspecified atom stereocenters. The van der Waals surface area contributed by atoms with Gasteiger partial charge in [0.15, 0.2) is 0 Å². The van der Waals surface area contributed by atoms with Gasteiger partial charge in [0.2, 0.25) is 0 Å². The Morgan fingerprint density at radius 2 is 1.62 bits per heavy atom. The van der Waals surface area contributed by atoms with Gasteiger partial charge >= 0.3 is 0 Å². The zero-order valence-corrected chi connectivity index (χ0v) is 15.1. The van der Waals surface area contributed by atoms with Gasteiger partial charge in [-0.1, -0.05) is 67.1 Å². The van der Waals surface area contributed by atoms with Crippen molar-refractivity contribution in [2.24, 2.45) is 4.99 Å². The van der Waals surface area contributed by atoms with Gasteiger partial charge in [0.05, 0.1) is 11.0 Å². The highest BCUT2D eigenvalue weighted by atomic mass is 16.3. The summed E-state index contributed by atoms with van der Waals surface area (Å²) >= 11 is 0. The highest BCUT2D eigenvalue weighted by molar-refractivity contribution is 5.79. The molecular formula is C24H21NO. The SMILES string of the molecule is CCc1ccccc1N=c1cc(-c2ccccc2)oc2ccc(C)cc12. The molecule has 0 saturated carbocycles. The van der Waals surface area contributed by atoms with Crippen molar-refractivity contribution < 1.29 is 4.42 Å². The number of fused-ring (bicyclic) bond motifs is 1. The number of hydrogen-bond acceptors (Lipinski definition) is 2. The molecule has 0 saturated heterocycles. The van der Waals surface area contributed by atoms with E-state index in [2.05, 4.69) is 56.3 Å². The summed E-state index contributed by atoms with van der Waals surface area (Å²) in [5, 5.41) is 1.98. The highest BCUT2D eigenvalue weighted by Gasteiger charge is 2.07. The predicted octanol–water partition coefficient (Wildman–Crippen LogP) is 6.20. The van der Waals surface area contributed by atoms with E-state index >= 15 is 0 Å². The van der Waals surface area contributed by atoms with Crippen LogP contribution in [0.3, 0.4) is 0 Å². The molecule has 0 N–H and O–H groups in total. The summed E-state index contributed by atoms with van der Waals surface area (Å²) in [6, 6.07) is 26.8. The van der Waals surface area contributed by atoms with Crippen LogP contribution < -0.4 is 5.36 Å². The molecule has 0 aliphatic rings. The molecule has 0 aliphatic heterocycles. The monoisotopic (exact) mass is 339 g/mol. The second-order valence-electron chi connectivity index (χ2n) is 6.46. The van der Waals surface area contributed by atoms with Crippen molar-refractivity contribution in [1.29, 1.82) is 0 Å². The Morgan fingerprint density at radius 1 is 0.846 bits per heavy atom. The third kappa shape index (κ3) is 3.18. The average molecular weight is 339 g/mol. The molecule has 4 aromatic rings. The molecule has 0 fully saturated rings. The van der Waals surface area contributed by atoms with Gasteiger partial charge in [0.25, 0.3) is 0 Å². The molecule has 2 nitrogen and oxygen atoms in total. The van der Waals surface area contributed by atoms with Crippen molar-refractivity contribution in [3.05, 3.63) is 95.3 Å². The van der Waals surface area contributed by atoms with Crippen molar-refractivity contribution in [1.82, 2.24) is 0 Å². The second-order valence-corrected chi connectivity index (χ2v) is 6.46. The van der Waals surface area contributed by atoms with Crippen LogP contribution in [0.25, 0.3) is 22.3 Å². The molecule has 0 radical (unpaired) electrons. The average Bonchev–Trinajstić information content (AvgIpc) is 2.69. The number of nitrogens with zero attached hydrogens (tertiary/aromatic N) is 1. The first-order valence-electron chi connectivity index (χ1n) is 8.97. The van der Waals surface area contributed by atoms with Crippen LogP contribution in [0.4, 0.5) is 5.69 Å². The van der Waals surface area contributed by atoms with Crippen LogP contribution in [0.2, 0.25) is 0 Å². The van der Waals surface area contributed by atoms with E-state index in [1.54, 1.807) is 0 Å². The summed E-state index contributed by atoms with van der Waals surface area (Å²) in [5.41, 5.74) is 5.36. The lowest BCUT2D eigenvalue weighted by Gasteiger charge is -2.07. The van der Waals surface area contributed by atoms with E-state index in [1.165, 1.54) is 11.1 Å². The first-order chi connectivity index (χ1) is 12.7. The Labute approximate surface area is 153 Å². The van der Waals surface area contributed by atoms with Crippen LogP contribution in [-0.2, 0) is 6.42 Å². The standard InChI is InChI=1S/C24H21NO/c1-3-18-9-7-8-12-21(18)25-22-16-24(19-10-5-4-6-11-19)26-23-14-13-17(2)15-20(22)23/h4-16H,3H2,1-2H3. The maximum atomic E-state index is 6.18. The Balaban J connectivity index is 2.03. The van der Waals surface area contributed by atoms with Crippen molar-refractivity contribution in [2.75, 3.05) is 0 Å². The maximum absolute atomic E-state index is 6.18. The fraction of sp³-hybridized carbons (Fsp3) is 0.125. The predicted molar refractivity (Wildman–Crippen MR) is 107 cm³/mol. The molecule has 0 aliphatic carbocycles. The van der Waals surface area contributed by atoms with Gasteiger partial charge in [-0.05, 0) is 37.1 Å². The number of para-hydroxylation sites is 1. The summed E-state index contributed by atoms with van der Waals surface area (Å²) in [4.78, 5) is 5.01. The van der Waals surface area contributed by atoms with E-state index in [4.69, 9.17) is 9.41 Å². The molecule has 0 spiro atoms. The van der Waals surface area contributed by atoms with Crippen LogP contribution >= 0.6 is 0 Å². The zero-order valence-electron chi connectivity index (χ0n) is 15.1. The lowest BCUT2D eigenvalue weighted by molar-refractivity contribution is 0.618. The third-order valence-electron chi connectivity index (χ3n) is 4.57. The molecule has 26 heavy (non-hydrogen) atoms. The minimum Gasteiger partial charge on any atom is -0.456 e. The Morgan fingerprint density at radius 3 is 2.42 bits per heavy atom. The van der Waals surface area contributed by atoms with E-state index in [-0.39, 0.29) is 0 Å². The molecule has 2 heteroatoms. The number of hydrogen-bond donors (Lipinski definition) is 0. The zero-order chi connectivity index (χ0) is 17.9. The molecule has 0 bridgehead atoms. The molecule has 128 valence electrons. The summed E-state index contributed by atoms with van der Waals surface area (Å²) in [7, 11) is 0. The molecule has 4 rings (SSSR count). The summed E-state index contributed by atoms with van der Waals surface area (Å²) in [6.07, 6.45) is 0.958. The van der Waals surface area contributed by atoms with Gasteiger partial charge in [-0.25, -0.2) is 4.99 Å². The van der Waals surface area contributed by atoms with E-state index in [0.29, 0.717) is 0 Å². The van der Waals surface area contributed by atoms with E-state index in [0.717, 1.165) is 39.8 Å². The highest BCUT2D eigenvalue weighted by Crippen LogP contribution is 2.24. The minimum absolute atomic E-state index is 0.828. The normalized spacial score (nSPS) is 11.8. The molecule has 3 aromatic carbocycles. The second kappa shape index (κ2) is 7.01. The van der Waals surface area contributed by atoms with Crippen LogP contribution in [0.1, 0.15) is 18.1 Å². The van der Waals surface area contributed by atoms with Gasteiger partial charge in [0.1, 0.15) is 11.3 Å². The Bertz CT molecular complexity index is 1120. The number of aryl methyl sites for hydroxylation is 2. The first kappa shape index (κ1) is 16.3. The topological polar surface area (TPSA) is 25.5 Å².